The van der Waals surface area contributed by atoms with Gasteiger partial charge < -0.3 is 13.8 Å². The molecule has 0 bridgehead atoms. The molecule has 0 fully saturated rings. The summed E-state index contributed by atoms with van der Waals surface area (Å²) in [5, 5.41) is 0.390. The summed E-state index contributed by atoms with van der Waals surface area (Å²) in [6.07, 6.45) is -3.72. The number of thioether (sulfide) groups is 1. The number of fused-ring (bicyclic) bond motifs is 1. The Morgan fingerprint density at radius 1 is 1.12 bits per heavy atom. The van der Waals surface area contributed by atoms with Crippen LogP contribution in [0.4, 0.5) is 22.0 Å². The molecule has 0 unspecified atom stereocenters. The predicted molar refractivity (Wildman–Crippen MR) is 122 cm³/mol. The Kier molecular flexibility index (Phi) is 9.89. The van der Waals surface area contributed by atoms with Crippen molar-refractivity contribution in [1.82, 2.24) is 0 Å². The molecule has 1 aromatic heterocycles. The lowest BCUT2D eigenvalue weighted by Crippen LogP contribution is -2.17. The molecule has 0 N–H and O–H groups in total. The number of hydrogen-bond acceptors (Lipinski definition) is 6. The van der Waals surface area contributed by atoms with E-state index >= 15 is 8.78 Å². The summed E-state index contributed by atoms with van der Waals surface area (Å²) >= 11 is 5.33. The van der Waals surface area contributed by atoms with Crippen LogP contribution in [-0.2, 0) is 25.0 Å². The van der Waals surface area contributed by atoms with Crippen molar-refractivity contribution in [2.75, 3.05) is 26.1 Å². The van der Waals surface area contributed by atoms with Crippen LogP contribution in [0.5, 0.6) is 5.75 Å². The van der Waals surface area contributed by atoms with Gasteiger partial charge in [0.15, 0.2) is 0 Å². The van der Waals surface area contributed by atoms with Crippen LogP contribution in [0, 0.1) is 0 Å². The molecule has 0 aliphatic heterocycles. The fraction of sp³-hybridized carbons (Fsp3) is 0.579. The Morgan fingerprint density at radius 2 is 1.75 bits per heavy atom. The van der Waals surface area contributed by atoms with Gasteiger partial charge in [0.05, 0.1) is 24.5 Å². The average Bonchev–Trinajstić information content (AvgIpc) is 3.02. The Labute approximate surface area is 199 Å². The lowest BCUT2D eigenvalue weighted by atomic mass is 10.1. The summed E-state index contributed by atoms with van der Waals surface area (Å²) in [5.41, 5.74) is -3.20. The highest BCUT2D eigenvalue weighted by atomic mass is 79.9. The van der Waals surface area contributed by atoms with Crippen molar-refractivity contribution >= 4 is 56.7 Å². The second-order valence-electron chi connectivity index (χ2n) is 6.59. The molecule has 1 heterocycles. The van der Waals surface area contributed by atoms with Gasteiger partial charge in [-0.25, -0.2) is 0 Å². The number of benzene rings is 1. The van der Waals surface area contributed by atoms with E-state index in [1.807, 2.05) is 6.26 Å². The summed E-state index contributed by atoms with van der Waals surface area (Å²) < 4.78 is 96.6. The van der Waals surface area contributed by atoms with Crippen LogP contribution in [-0.4, -0.2) is 32.3 Å². The largest absolute Gasteiger partial charge is 0.492 e. The van der Waals surface area contributed by atoms with Gasteiger partial charge in [0.1, 0.15) is 10.6 Å². The minimum Gasteiger partial charge on any atom is -0.492 e. The van der Waals surface area contributed by atoms with Crippen LogP contribution in [0.15, 0.2) is 16.6 Å². The second kappa shape index (κ2) is 11.4. The maximum absolute atomic E-state index is 15.4. The van der Waals surface area contributed by atoms with E-state index in [0.29, 0.717) is 27.2 Å². The molecule has 0 saturated heterocycles. The standard InChI is InChI=1S/C19H23BrF5O4PS2/c1-4-28-30(26,29-5-2)19(24,25)17-15(20)13-9-12(11-31-3)10-14(16(13)32-17)27-8-6-7-18(21,22)23/h9-10H,4-8,11H2,1-3H3. The van der Waals surface area contributed by atoms with Crippen LogP contribution in [0.2, 0.25) is 0 Å². The first-order valence-corrected chi connectivity index (χ1v) is 14.2. The number of hydrogen-bond donors (Lipinski definition) is 0. The van der Waals surface area contributed by atoms with Gasteiger partial charge in [-0.15, -0.1) is 11.3 Å². The van der Waals surface area contributed by atoms with Gasteiger partial charge in [0.25, 0.3) is 0 Å². The third-order valence-electron chi connectivity index (χ3n) is 4.14. The van der Waals surface area contributed by atoms with E-state index in [-0.39, 0.29) is 36.5 Å². The number of ether oxygens (including phenoxy) is 1. The zero-order valence-electron chi connectivity index (χ0n) is 17.6. The van der Waals surface area contributed by atoms with Crippen molar-refractivity contribution in [3.8, 4) is 5.75 Å². The molecule has 2 rings (SSSR count). The number of rotatable bonds is 12. The third kappa shape index (κ3) is 6.39. The maximum Gasteiger partial charge on any atom is 0.405 e. The first kappa shape index (κ1) is 27.9. The predicted octanol–water partition coefficient (Wildman–Crippen LogP) is 8.56. The molecule has 0 spiro atoms. The maximum atomic E-state index is 15.4. The van der Waals surface area contributed by atoms with Crippen molar-refractivity contribution in [3.63, 3.8) is 0 Å². The summed E-state index contributed by atoms with van der Waals surface area (Å²) in [5.74, 6) is 0.739. The molecule has 0 amide bonds. The van der Waals surface area contributed by atoms with E-state index in [9.17, 15) is 17.7 Å². The number of halogens is 6. The summed E-state index contributed by atoms with van der Waals surface area (Å²) in [7, 11) is -4.83. The SMILES string of the molecule is CCOP(=O)(OCC)C(F)(F)c1sc2c(OCCCC(F)(F)F)cc(CSC)cc2c1Br. The zero-order chi connectivity index (χ0) is 24.2. The molecule has 2 aromatic rings. The first-order valence-electron chi connectivity index (χ1n) is 9.61. The van der Waals surface area contributed by atoms with E-state index in [2.05, 4.69) is 15.9 Å². The van der Waals surface area contributed by atoms with Gasteiger partial charge in [-0.2, -0.15) is 33.7 Å². The normalized spacial score (nSPS) is 13.2. The molecule has 0 aliphatic carbocycles. The molecule has 13 heteroatoms. The minimum absolute atomic E-state index is 0.0187. The van der Waals surface area contributed by atoms with E-state index < -0.39 is 30.7 Å². The summed E-state index contributed by atoms with van der Waals surface area (Å²) in [4.78, 5) is -0.556. The molecule has 4 nitrogen and oxygen atoms in total. The highest BCUT2D eigenvalue weighted by molar-refractivity contribution is 9.10. The molecule has 0 saturated carbocycles. The van der Waals surface area contributed by atoms with E-state index in [4.69, 9.17) is 13.8 Å². The van der Waals surface area contributed by atoms with Crippen LogP contribution in [0.25, 0.3) is 10.1 Å². The first-order chi connectivity index (χ1) is 14.9. The highest BCUT2D eigenvalue weighted by Crippen LogP contribution is 2.69. The van der Waals surface area contributed by atoms with Gasteiger partial charge in [0, 0.05) is 22.0 Å². The average molecular weight is 585 g/mol. The summed E-state index contributed by atoms with van der Waals surface area (Å²) in [6.45, 7) is 2.17. The van der Waals surface area contributed by atoms with Gasteiger partial charge in [-0.1, -0.05) is 0 Å². The van der Waals surface area contributed by atoms with E-state index in [1.54, 1.807) is 12.1 Å². The van der Waals surface area contributed by atoms with Crippen molar-refractivity contribution in [3.05, 3.63) is 27.0 Å². The zero-order valence-corrected chi connectivity index (χ0v) is 21.7. The van der Waals surface area contributed by atoms with Crippen molar-refractivity contribution in [2.45, 2.75) is 44.3 Å². The van der Waals surface area contributed by atoms with Crippen LogP contribution < -0.4 is 4.74 Å². The number of thiophene rings is 1. The monoisotopic (exact) mass is 584 g/mol. The van der Waals surface area contributed by atoms with Gasteiger partial charge in [-0.3, -0.25) is 4.57 Å². The van der Waals surface area contributed by atoms with Gasteiger partial charge in [0.2, 0.25) is 0 Å². The van der Waals surface area contributed by atoms with Gasteiger partial charge in [-0.05, 0) is 60.2 Å². The Morgan fingerprint density at radius 3 is 2.28 bits per heavy atom. The van der Waals surface area contributed by atoms with Crippen LogP contribution in [0.1, 0.15) is 37.1 Å². The fourth-order valence-electron chi connectivity index (χ4n) is 2.87. The smallest absolute Gasteiger partial charge is 0.405 e. The number of alkyl halides is 5. The Balaban J connectivity index is 2.53. The minimum atomic E-state index is -4.83. The molecule has 1 aromatic carbocycles. The van der Waals surface area contributed by atoms with Crippen LogP contribution >= 0.6 is 46.6 Å². The Hall–Kier alpha value is -0.390. The van der Waals surface area contributed by atoms with Crippen molar-refractivity contribution in [2.24, 2.45) is 0 Å². The van der Waals surface area contributed by atoms with Gasteiger partial charge >= 0.3 is 19.4 Å². The van der Waals surface area contributed by atoms with Crippen LogP contribution in [0.3, 0.4) is 0 Å². The molecule has 0 atom stereocenters. The second-order valence-corrected chi connectivity index (χ2v) is 11.3. The lowest BCUT2D eigenvalue weighted by Gasteiger charge is -2.25. The molecular weight excluding hydrogens is 562 g/mol. The topological polar surface area (TPSA) is 44.8 Å². The third-order valence-corrected chi connectivity index (χ3v) is 9.40. The molecule has 32 heavy (non-hydrogen) atoms. The molecular formula is C19H23BrF5O4PS2. The quantitative estimate of drug-likeness (QED) is 0.142. The lowest BCUT2D eigenvalue weighted by molar-refractivity contribution is -0.136. The van der Waals surface area contributed by atoms with Crippen molar-refractivity contribution in [1.29, 1.82) is 0 Å². The van der Waals surface area contributed by atoms with E-state index in [0.717, 1.165) is 5.56 Å². The van der Waals surface area contributed by atoms with E-state index in [1.165, 1.54) is 25.6 Å². The molecule has 0 radical (unpaired) electrons. The molecule has 0 aliphatic rings. The Bertz CT molecular complexity index is 957. The summed E-state index contributed by atoms with van der Waals surface area (Å²) in [6, 6.07) is 3.32. The highest BCUT2D eigenvalue weighted by Gasteiger charge is 2.57. The molecule has 182 valence electrons. The fourth-order valence-corrected chi connectivity index (χ4v) is 7.38. The van der Waals surface area contributed by atoms with Crippen molar-refractivity contribution < 1.29 is 40.3 Å².